The van der Waals surface area contributed by atoms with Gasteiger partial charge in [0.1, 0.15) is 23.0 Å². The zero-order valence-electron chi connectivity index (χ0n) is 60.8. The van der Waals surface area contributed by atoms with Gasteiger partial charge in [0.2, 0.25) is 0 Å². The van der Waals surface area contributed by atoms with Crippen LogP contribution in [0, 0.1) is 11.8 Å². The van der Waals surface area contributed by atoms with Gasteiger partial charge in [-0.2, -0.15) is 0 Å². The van der Waals surface area contributed by atoms with Crippen LogP contribution in [0.15, 0.2) is 315 Å². The number of benzene rings is 12. The van der Waals surface area contributed by atoms with Gasteiger partial charge < -0.3 is 38.5 Å². The predicted molar refractivity (Wildman–Crippen MR) is 433 cm³/mol. The number of fused-ring (bicyclic) bond motifs is 6. The largest absolute Gasteiger partial charge is 0.497 e. The van der Waals surface area contributed by atoms with Gasteiger partial charge in [0.25, 0.3) is 0 Å². The summed E-state index contributed by atoms with van der Waals surface area (Å²) in [5.74, 6) is 3.66. The van der Waals surface area contributed by atoms with Crippen LogP contribution in [-0.4, -0.2) is 34.5 Å². The van der Waals surface area contributed by atoms with Gasteiger partial charge in [-0.3, -0.25) is 0 Å². The standard InChI is InChI=1S/C96H86N4O4/c1-63-60-78(98(75-40-51-83(103-9)52-41-75)76-42-53-84(104-10)54-43-76)44-55-85(63)68-25-34-72(35-26-68)99(79-45-56-88-86-15-11-13-17-90(86)95(3,4)92(88)61-79)71-30-23-67(24-31-71)69-27-58-94(64(2)59-69)100(80-46-57-89-87-16-12-14-18-91(87)96(5,6)93(89)62-80)77-32-21-66(22-33-77)65-19-28-70(29-20-65)97(73-36-47-81(101-7)48-37-73)74-38-49-82(102-8)50-39-74/h11-59,61-64,94H,60H2,1-10H3. The SMILES string of the molecule is COc1ccc(N(C2=CC=C(c3ccc(N(c4ccc(C5=CC(C)C(N(c6ccc(-c7ccc(N(c8ccc(OC)cc8)c8ccc(OC)cc8)cc7)cc6)c6ccc7c(c6)C(C)(C)c6ccccc6-7)C=C5)cc4)c4ccc5c(c4)C(C)(C)c4ccccc4-5)cc3)C(C)C2)c2ccc(OC)cc2)cc1. The van der Waals surface area contributed by atoms with E-state index in [2.05, 4.69) is 322 Å². The lowest BCUT2D eigenvalue weighted by molar-refractivity contribution is 0.414. The topological polar surface area (TPSA) is 49.9 Å². The molecule has 514 valence electrons. The van der Waals surface area contributed by atoms with E-state index in [1.807, 2.05) is 48.5 Å². The molecule has 0 heterocycles. The zero-order chi connectivity index (χ0) is 71.4. The summed E-state index contributed by atoms with van der Waals surface area (Å²) >= 11 is 0. The minimum Gasteiger partial charge on any atom is -0.497 e. The van der Waals surface area contributed by atoms with Crippen molar-refractivity contribution in [2.24, 2.45) is 11.8 Å². The summed E-state index contributed by atoms with van der Waals surface area (Å²) in [5.41, 5.74) is 29.6. The van der Waals surface area contributed by atoms with E-state index in [9.17, 15) is 0 Å². The van der Waals surface area contributed by atoms with E-state index in [1.165, 1.54) is 78.2 Å². The van der Waals surface area contributed by atoms with Gasteiger partial charge in [-0.15, -0.1) is 0 Å². The van der Waals surface area contributed by atoms with Crippen LogP contribution >= 0.6 is 0 Å². The summed E-state index contributed by atoms with van der Waals surface area (Å²) < 4.78 is 22.2. The fourth-order valence-corrected chi connectivity index (χ4v) is 16.4. The maximum Gasteiger partial charge on any atom is 0.119 e. The van der Waals surface area contributed by atoms with Gasteiger partial charge in [-0.25, -0.2) is 0 Å². The van der Waals surface area contributed by atoms with Gasteiger partial charge in [-0.1, -0.05) is 175 Å². The maximum atomic E-state index is 5.56. The molecule has 0 bridgehead atoms. The minimum atomic E-state index is -0.167. The van der Waals surface area contributed by atoms with E-state index in [0.717, 1.165) is 91.7 Å². The van der Waals surface area contributed by atoms with Gasteiger partial charge >= 0.3 is 0 Å². The van der Waals surface area contributed by atoms with Crippen LogP contribution in [-0.2, 0) is 10.8 Å². The van der Waals surface area contributed by atoms with Gasteiger partial charge in [0, 0.05) is 73.4 Å². The van der Waals surface area contributed by atoms with Crippen LogP contribution in [0.2, 0.25) is 0 Å². The Kier molecular flexibility index (Phi) is 17.5. The molecule has 3 atom stereocenters. The van der Waals surface area contributed by atoms with Crippen LogP contribution in [0.5, 0.6) is 23.0 Å². The van der Waals surface area contributed by atoms with Gasteiger partial charge in [-0.05, 0) is 272 Å². The van der Waals surface area contributed by atoms with Crippen molar-refractivity contribution in [1.29, 1.82) is 0 Å². The van der Waals surface area contributed by atoms with E-state index >= 15 is 0 Å². The Hall–Kier alpha value is -12.0. The van der Waals surface area contributed by atoms with Gasteiger partial charge in [0.15, 0.2) is 0 Å². The number of allylic oxidation sites excluding steroid dienone is 6. The number of ether oxygens (including phenoxy) is 4. The fourth-order valence-electron chi connectivity index (χ4n) is 16.4. The molecule has 12 aromatic rings. The van der Waals surface area contributed by atoms with Crippen molar-refractivity contribution >= 4 is 68.0 Å². The van der Waals surface area contributed by atoms with Crippen molar-refractivity contribution in [3.63, 3.8) is 0 Å². The van der Waals surface area contributed by atoms with Crippen LogP contribution in [0.1, 0.15) is 81.3 Å². The number of anilines is 10. The van der Waals surface area contributed by atoms with E-state index in [0.29, 0.717) is 0 Å². The van der Waals surface area contributed by atoms with Crippen molar-refractivity contribution in [1.82, 2.24) is 0 Å². The Balaban J connectivity index is 0.707. The molecule has 0 spiro atoms. The summed E-state index contributed by atoms with van der Waals surface area (Å²) in [7, 11) is 6.81. The van der Waals surface area contributed by atoms with Crippen molar-refractivity contribution in [3.8, 4) is 56.4 Å². The Bertz CT molecular complexity index is 5190. The molecule has 0 amide bonds. The molecule has 4 aliphatic carbocycles. The monoisotopic (exact) mass is 1360 g/mol. The first kappa shape index (κ1) is 66.5. The van der Waals surface area contributed by atoms with Crippen molar-refractivity contribution in [3.05, 3.63) is 349 Å². The average molecular weight is 1360 g/mol. The lowest BCUT2D eigenvalue weighted by Gasteiger charge is -2.37. The number of hydrogen-bond acceptors (Lipinski definition) is 8. The Morgan fingerprint density at radius 2 is 0.673 bits per heavy atom. The average Bonchev–Trinajstić information content (AvgIpc) is 1.59. The van der Waals surface area contributed by atoms with Crippen molar-refractivity contribution < 1.29 is 18.9 Å². The summed E-state index contributed by atoms with van der Waals surface area (Å²) in [4.78, 5) is 9.60. The second kappa shape index (κ2) is 27.4. The Labute approximate surface area is 613 Å². The molecule has 0 N–H and O–H groups in total. The highest BCUT2D eigenvalue weighted by Gasteiger charge is 2.38. The summed E-state index contributed by atoms with van der Waals surface area (Å²) in [6, 6.07) is 102. The molecular formula is C96H86N4O4. The lowest BCUT2D eigenvalue weighted by atomic mass is 9.82. The minimum absolute atomic E-state index is 0.0162. The van der Waals surface area contributed by atoms with Crippen molar-refractivity contribution in [2.45, 2.75) is 64.8 Å². The van der Waals surface area contributed by atoms with E-state index in [1.54, 1.807) is 28.4 Å². The second-order valence-corrected chi connectivity index (χ2v) is 28.9. The third-order valence-corrected chi connectivity index (χ3v) is 22.1. The fraction of sp³-hybridized carbons (Fsp3) is 0.167. The molecular weight excluding hydrogens is 1270 g/mol. The molecule has 3 unspecified atom stereocenters. The highest BCUT2D eigenvalue weighted by atomic mass is 16.5. The first-order valence-corrected chi connectivity index (χ1v) is 36.1. The number of hydrogen-bond donors (Lipinski definition) is 0. The van der Waals surface area contributed by atoms with Crippen LogP contribution in [0.4, 0.5) is 56.9 Å². The van der Waals surface area contributed by atoms with Crippen molar-refractivity contribution in [2.75, 3.05) is 48.0 Å². The van der Waals surface area contributed by atoms with Crippen LogP contribution in [0.25, 0.3) is 44.5 Å². The summed E-state index contributed by atoms with van der Waals surface area (Å²) in [5, 5.41) is 0. The summed E-state index contributed by atoms with van der Waals surface area (Å²) in [6.45, 7) is 14.2. The normalized spacial score (nSPS) is 16.3. The number of nitrogens with zero attached hydrogens (tertiary/aromatic N) is 4. The Morgan fingerprint density at radius 3 is 1.10 bits per heavy atom. The molecule has 16 rings (SSSR count). The van der Waals surface area contributed by atoms with Crippen LogP contribution in [0.3, 0.4) is 0 Å². The molecule has 4 aliphatic rings. The molecule has 12 aromatic carbocycles. The second-order valence-electron chi connectivity index (χ2n) is 28.9. The Morgan fingerprint density at radius 1 is 0.327 bits per heavy atom. The molecule has 0 saturated heterocycles. The lowest BCUT2D eigenvalue weighted by Crippen LogP contribution is -2.35. The molecule has 0 aliphatic heterocycles. The molecule has 8 nitrogen and oxygen atoms in total. The first-order chi connectivity index (χ1) is 50.7. The molecule has 0 radical (unpaired) electrons. The van der Waals surface area contributed by atoms with E-state index in [4.69, 9.17) is 18.9 Å². The molecule has 8 heteroatoms. The third kappa shape index (κ3) is 12.2. The molecule has 104 heavy (non-hydrogen) atoms. The predicted octanol–water partition coefficient (Wildman–Crippen LogP) is 24.9. The highest BCUT2D eigenvalue weighted by molar-refractivity contribution is 5.89. The zero-order valence-corrected chi connectivity index (χ0v) is 60.8. The maximum absolute atomic E-state index is 5.56. The molecule has 0 saturated carbocycles. The van der Waals surface area contributed by atoms with Crippen LogP contribution < -0.4 is 38.5 Å². The molecule has 0 aromatic heterocycles. The first-order valence-electron chi connectivity index (χ1n) is 36.1. The quantitative estimate of drug-likeness (QED) is 0.0794. The van der Waals surface area contributed by atoms with E-state index < -0.39 is 0 Å². The number of methoxy groups -OCH3 is 4. The van der Waals surface area contributed by atoms with E-state index in [-0.39, 0.29) is 28.7 Å². The highest BCUT2D eigenvalue weighted by Crippen LogP contribution is 2.53. The molecule has 0 fully saturated rings. The summed E-state index contributed by atoms with van der Waals surface area (Å²) in [6.07, 6.45) is 12.7. The van der Waals surface area contributed by atoms with Gasteiger partial charge in [0.05, 0.1) is 34.5 Å². The number of rotatable bonds is 19. The smallest absolute Gasteiger partial charge is 0.119 e. The third-order valence-electron chi connectivity index (χ3n) is 22.1.